The number of aliphatic carboxylic acids is 1. The minimum Gasteiger partial charge on any atom is -0.485 e. The first-order valence-corrected chi connectivity index (χ1v) is 9.39. The number of terminal acetylenes is 1. The molecule has 3 rings (SSSR count). The quantitative estimate of drug-likeness (QED) is 0.623. The van der Waals surface area contributed by atoms with E-state index in [1.807, 2.05) is 43.3 Å². The van der Waals surface area contributed by atoms with E-state index in [4.69, 9.17) is 14.6 Å². The van der Waals surface area contributed by atoms with Gasteiger partial charge < -0.3 is 25.0 Å². The van der Waals surface area contributed by atoms with Crippen LogP contribution in [-0.4, -0.2) is 41.5 Å². The van der Waals surface area contributed by atoms with Crippen molar-refractivity contribution in [2.24, 2.45) is 0 Å². The Morgan fingerprint density at radius 1 is 1.24 bits per heavy atom. The van der Waals surface area contributed by atoms with Gasteiger partial charge >= 0.3 is 5.97 Å². The summed E-state index contributed by atoms with van der Waals surface area (Å²) in [4.78, 5) is 11.0. The maximum absolute atomic E-state index is 11.0. The first-order valence-electron chi connectivity index (χ1n) is 9.39. The highest BCUT2D eigenvalue weighted by Crippen LogP contribution is 2.33. The van der Waals surface area contributed by atoms with Crippen molar-refractivity contribution in [3.8, 4) is 24.3 Å². The van der Waals surface area contributed by atoms with Crippen molar-refractivity contribution in [3.05, 3.63) is 59.2 Å². The molecule has 3 atom stereocenters. The van der Waals surface area contributed by atoms with Gasteiger partial charge in [0.25, 0.3) is 0 Å². The molecule has 1 aliphatic rings. The maximum Gasteiger partial charge on any atom is 0.348 e. The Kier molecular flexibility index (Phi) is 8.08. The molecule has 6 nitrogen and oxygen atoms in total. The summed E-state index contributed by atoms with van der Waals surface area (Å²) >= 11 is 0. The normalized spacial score (nSPS) is 16.8. The number of carboxylic acid groups (broad SMARTS) is 1. The number of carbonyl (C=O) groups is 1. The van der Waals surface area contributed by atoms with E-state index in [9.17, 15) is 9.90 Å². The zero-order chi connectivity index (χ0) is 21.4. The number of aryl methyl sites for hydroxylation is 1. The van der Waals surface area contributed by atoms with Gasteiger partial charge in [0.15, 0.2) is 11.5 Å². The van der Waals surface area contributed by atoms with E-state index in [0.717, 1.165) is 23.1 Å². The maximum atomic E-state index is 11.0. The molecule has 3 N–H and O–H groups in total. The van der Waals surface area contributed by atoms with Gasteiger partial charge in [-0.15, -0.1) is 12.8 Å². The minimum atomic E-state index is -1.03. The fourth-order valence-electron chi connectivity index (χ4n) is 3.10. The van der Waals surface area contributed by atoms with Crippen molar-refractivity contribution in [1.29, 1.82) is 0 Å². The Bertz CT molecular complexity index is 848. The molecule has 1 aliphatic heterocycles. The Balaban J connectivity index is 0.00000145. The van der Waals surface area contributed by atoms with Gasteiger partial charge in [-0.25, -0.2) is 4.79 Å². The van der Waals surface area contributed by atoms with Crippen LogP contribution >= 0.6 is 0 Å². The van der Waals surface area contributed by atoms with Crippen LogP contribution in [0.1, 0.15) is 29.7 Å². The second-order valence-electron chi connectivity index (χ2n) is 6.98. The number of fused-ring (bicyclic) bond motifs is 1. The van der Waals surface area contributed by atoms with Crippen LogP contribution in [0.5, 0.6) is 11.5 Å². The van der Waals surface area contributed by atoms with Crippen molar-refractivity contribution >= 4 is 5.97 Å². The van der Waals surface area contributed by atoms with Crippen LogP contribution in [0.3, 0.4) is 0 Å². The van der Waals surface area contributed by atoms with E-state index in [0.29, 0.717) is 18.0 Å². The van der Waals surface area contributed by atoms with E-state index in [-0.39, 0.29) is 12.6 Å². The molecule has 154 valence electrons. The van der Waals surface area contributed by atoms with Crippen LogP contribution in [0, 0.1) is 19.8 Å². The predicted octanol–water partition coefficient (Wildman–Crippen LogP) is 2.72. The first kappa shape index (κ1) is 22.3. The summed E-state index contributed by atoms with van der Waals surface area (Å²) in [6.45, 7) is 4.53. The third-order valence-electron chi connectivity index (χ3n) is 4.57. The highest BCUT2D eigenvalue weighted by atomic mass is 16.6. The number of aliphatic hydroxyl groups is 1. The van der Waals surface area contributed by atoms with Crippen molar-refractivity contribution < 1.29 is 24.5 Å². The Morgan fingerprint density at radius 2 is 2.00 bits per heavy atom. The van der Waals surface area contributed by atoms with E-state index < -0.39 is 18.2 Å². The molecule has 1 heterocycles. The molecule has 0 aliphatic carbocycles. The van der Waals surface area contributed by atoms with E-state index in [1.54, 1.807) is 6.07 Å². The van der Waals surface area contributed by atoms with E-state index >= 15 is 0 Å². The smallest absolute Gasteiger partial charge is 0.348 e. The third-order valence-corrected chi connectivity index (χ3v) is 4.57. The van der Waals surface area contributed by atoms with Crippen molar-refractivity contribution in [3.63, 3.8) is 0 Å². The molecule has 0 bridgehead atoms. The summed E-state index contributed by atoms with van der Waals surface area (Å²) in [5, 5.41) is 22.7. The average Bonchev–Trinajstić information content (AvgIpc) is 2.73. The molecule has 0 aromatic heterocycles. The zero-order valence-electron chi connectivity index (χ0n) is 16.7. The largest absolute Gasteiger partial charge is 0.485 e. The molecule has 0 saturated carbocycles. The number of rotatable bonds is 7. The highest BCUT2D eigenvalue weighted by Gasteiger charge is 2.27. The van der Waals surface area contributed by atoms with Gasteiger partial charge in [0.2, 0.25) is 6.10 Å². The SMILES string of the molecule is C#C.Cc1cccc([C@@H](O)CN[C@H](C)Cc2ccc3c(c2)OCC(C(=O)O)O3)c1. The van der Waals surface area contributed by atoms with Crippen LogP contribution in [0.2, 0.25) is 0 Å². The molecule has 0 amide bonds. The van der Waals surface area contributed by atoms with Crippen LogP contribution < -0.4 is 14.8 Å². The van der Waals surface area contributed by atoms with Crippen LogP contribution in [0.15, 0.2) is 42.5 Å². The highest BCUT2D eigenvalue weighted by molar-refractivity contribution is 5.73. The molecule has 29 heavy (non-hydrogen) atoms. The van der Waals surface area contributed by atoms with Crippen LogP contribution in [0.4, 0.5) is 0 Å². The second kappa shape index (κ2) is 10.5. The Labute approximate surface area is 171 Å². The number of ether oxygens (including phenoxy) is 2. The fraction of sp³-hybridized carbons (Fsp3) is 0.348. The topological polar surface area (TPSA) is 88.0 Å². The number of benzene rings is 2. The number of hydrogen-bond donors (Lipinski definition) is 3. The number of hydrogen-bond acceptors (Lipinski definition) is 5. The molecule has 0 radical (unpaired) electrons. The van der Waals surface area contributed by atoms with Crippen molar-refractivity contribution in [2.75, 3.05) is 13.2 Å². The molecule has 0 saturated heterocycles. The molecular formula is C23H27NO5. The average molecular weight is 397 g/mol. The van der Waals surface area contributed by atoms with E-state index in [2.05, 4.69) is 25.1 Å². The molecule has 2 aromatic rings. The molecular weight excluding hydrogens is 370 g/mol. The predicted molar refractivity (Wildman–Crippen MR) is 111 cm³/mol. The van der Waals surface area contributed by atoms with Gasteiger partial charge in [0, 0.05) is 12.6 Å². The number of nitrogens with one attached hydrogen (secondary N) is 1. The van der Waals surface area contributed by atoms with Gasteiger partial charge in [0.05, 0.1) is 6.10 Å². The minimum absolute atomic E-state index is 0.00226. The van der Waals surface area contributed by atoms with Gasteiger partial charge in [-0.3, -0.25) is 0 Å². The van der Waals surface area contributed by atoms with Crippen molar-refractivity contribution in [1.82, 2.24) is 5.32 Å². The third kappa shape index (κ3) is 6.24. The molecule has 6 heteroatoms. The summed E-state index contributed by atoms with van der Waals surface area (Å²) in [5.74, 6) is -0.0143. The van der Waals surface area contributed by atoms with Crippen LogP contribution in [-0.2, 0) is 11.2 Å². The molecule has 2 aromatic carbocycles. The van der Waals surface area contributed by atoms with Gasteiger partial charge in [-0.05, 0) is 43.5 Å². The van der Waals surface area contributed by atoms with Crippen molar-refractivity contribution in [2.45, 2.75) is 38.5 Å². The zero-order valence-corrected chi connectivity index (χ0v) is 16.7. The lowest BCUT2D eigenvalue weighted by Crippen LogP contribution is -2.36. The molecule has 0 fully saturated rings. The van der Waals surface area contributed by atoms with Gasteiger partial charge in [-0.1, -0.05) is 35.9 Å². The first-order chi connectivity index (χ1) is 13.9. The van der Waals surface area contributed by atoms with E-state index in [1.165, 1.54) is 0 Å². The lowest BCUT2D eigenvalue weighted by atomic mass is 10.0. The number of aliphatic hydroxyl groups excluding tert-OH is 1. The summed E-state index contributed by atoms with van der Waals surface area (Å²) < 4.78 is 10.9. The van der Waals surface area contributed by atoms with Gasteiger partial charge in [0.1, 0.15) is 6.61 Å². The summed E-state index contributed by atoms with van der Waals surface area (Å²) in [6, 6.07) is 13.5. The Hall–Kier alpha value is -3.01. The fourth-order valence-corrected chi connectivity index (χ4v) is 3.10. The Morgan fingerprint density at radius 3 is 2.69 bits per heavy atom. The summed E-state index contributed by atoms with van der Waals surface area (Å²) in [6.07, 6.45) is 7.23. The van der Waals surface area contributed by atoms with Gasteiger partial charge in [-0.2, -0.15) is 0 Å². The lowest BCUT2D eigenvalue weighted by molar-refractivity contribution is -0.147. The number of carboxylic acids is 1. The summed E-state index contributed by atoms with van der Waals surface area (Å²) in [5.41, 5.74) is 3.08. The molecule has 1 unspecified atom stereocenters. The monoisotopic (exact) mass is 397 g/mol. The lowest BCUT2D eigenvalue weighted by Gasteiger charge is -2.24. The second-order valence-corrected chi connectivity index (χ2v) is 6.98. The van der Waals surface area contributed by atoms with Crippen LogP contribution in [0.25, 0.3) is 0 Å². The summed E-state index contributed by atoms with van der Waals surface area (Å²) in [7, 11) is 0. The molecule has 0 spiro atoms. The standard InChI is InChI=1S/C21H25NO5.C2H2/c1-13-4-3-5-16(8-13)17(23)11-22-14(2)9-15-6-7-18-19(10-15)26-12-20(27-18)21(24)25;1-2/h3-8,10,14,17,20,22-23H,9,11-12H2,1-2H3,(H,24,25);1-2H/t14-,17+,20?;/m1./s1.